The molecule has 6 heteroatoms. The third-order valence-electron chi connectivity index (χ3n) is 3.22. The second-order valence-electron chi connectivity index (χ2n) is 4.65. The highest BCUT2D eigenvalue weighted by Crippen LogP contribution is 2.15. The number of rotatable bonds is 4. The monoisotopic (exact) mass is 253 g/mol. The first-order valence-electron chi connectivity index (χ1n) is 6.10. The zero-order valence-electron chi connectivity index (χ0n) is 10.8. The van der Waals surface area contributed by atoms with E-state index in [2.05, 4.69) is 5.10 Å². The van der Waals surface area contributed by atoms with Gasteiger partial charge in [-0.3, -0.25) is 9.48 Å². The van der Waals surface area contributed by atoms with Crippen molar-refractivity contribution in [2.24, 2.45) is 5.92 Å². The fraction of sp³-hybridized carbons (Fsp3) is 0.667. The molecule has 0 amide bonds. The third kappa shape index (κ3) is 2.81. The second kappa shape index (κ2) is 5.39. The number of aromatic nitrogens is 2. The van der Waals surface area contributed by atoms with Gasteiger partial charge in [-0.15, -0.1) is 0 Å². The second-order valence-corrected chi connectivity index (χ2v) is 4.65. The van der Waals surface area contributed by atoms with E-state index in [4.69, 9.17) is 15.2 Å². The summed E-state index contributed by atoms with van der Waals surface area (Å²) in [7, 11) is 0. The van der Waals surface area contributed by atoms with Gasteiger partial charge in [-0.2, -0.15) is 5.10 Å². The summed E-state index contributed by atoms with van der Waals surface area (Å²) in [6.07, 6.45) is 0.958. The molecule has 0 bridgehead atoms. The van der Waals surface area contributed by atoms with Crippen LogP contribution in [-0.2, 0) is 20.8 Å². The summed E-state index contributed by atoms with van der Waals surface area (Å²) in [5.41, 5.74) is 7.97. The van der Waals surface area contributed by atoms with Gasteiger partial charge >= 0.3 is 5.97 Å². The van der Waals surface area contributed by atoms with Gasteiger partial charge in [0.2, 0.25) is 0 Å². The first-order valence-corrected chi connectivity index (χ1v) is 6.10. The Morgan fingerprint density at radius 1 is 1.61 bits per heavy atom. The van der Waals surface area contributed by atoms with Crippen LogP contribution < -0.4 is 5.73 Å². The van der Waals surface area contributed by atoms with Gasteiger partial charge in [0.05, 0.1) is 30.3 Å². The maximum atomic E-state index is 11.7. The van der Waals surface area contributed by atoms with Crippen LogP contribution in [0.4, 0.5) is 5.69 Å². The van der Waals surface area contributed by atoms with Crippen molar-refractivity contribution in [2.75, 3.05) is 25.6 Å². The highest BCUT2D eigenvalue weighted by molar-refractivity contribution is 5.69. The molecule has 0 aromatic carbocycles. The van der Waals surface area contributed by atoms with E-state index in [1.165, 1.54) is 0 Å². The molecule has 100 valence electrons. The summed E-state index contributed by atoms with van der Waals surface area (Å²) >= 11 is 0. The van der Waals surface area contributed by atoms with E-state index in [0.717, 1.165) is 24.4 Å². The predicted molar refractivity (Wildman–Crippen MR) is 66.0 cm³/mol. The zero-order valence-corrected chi connectivity index (χ0v) is 10.8. The molecule has 1 fully saturated rings. The van der Waals surface area contributed by atoms with Crippen LogP contribution >= 0.6 is 0 Å². The van der Waals surface area contributed by atoms with Gasteiger partial charge in [-0.25, -0.2) is 0 Å². The molecule has 6 nitrogen and oxygen atoms in total. The minimum absolute atomic E-state index is 0.109. The smallest absolute Gasteiger partial charge is 0.327 e. The third-order valence-corrected chi connectivity index (χ3v) is 3.22. The molecule has 0 saturated carbocycles. The first-order chi connectivity index (χ1) is 8.58. The van der Waals surface area contributed by atoms with Crippen molar-refractivity contribution >= 4 is 11.7 Å². The van der Waals surface area contributed by atoms with Crippen molar-refractivity contribution in [2.45, 2.75) is 26.8 Å². The number of ether oxygens (including phenoxy) is 2. The molecular weight excluding hydrogens is 234 g/mol. The molecule has 0 radical (unpaired) electrons. The van der Waals surface area contributed by atoms with Crippen molar-refractivity contribution < 1.29 is 14.3 Å². The average Bonchev–Trinajstić information content (AvgIpc) is 2.93. The molecule has 1 aliphatic rings. The number of nitrogen functional groups attached to an aromatic ring is 1. The number of carbonyl (C=O) groups is 1. The molecule has 18 heavy (non-hydrogen) atoms. The lowest BCUT2D eigenvalue weighted by molar-refractivity contribution is -0.146. The van der Waals surface area contributed by atoms with E-state index in [1.807, 2.05) is 13.8 Å². The van der Waals surface area contributed by atoms with Gasteiger partial charge < -0.3 is 15.2 Å². The molecule has 1 unspecified atom stereocenters. The summed E-state index contributed by atoms with van der Waals surface area (Å²) in [4.78, 5) is 11.7. The van der Waals surface area contributed by atoms with E-state index in [0.29, 0.717) is 24.8 Å². The molecule has 2 heterocycles. The van der Waals surface area contributed by atoms with Gasteiger partial charge in [0.1, 0.15) is 6.54 Å². The lowest BCUT2D eigenvalue weighted by atomic mass is 10.1. The van der Waals surface area contributed by atoms with Crippen molar-refractivity contribution in [3.8, 4) is 0 Å². The van der Waals surface area contributed by atoms with Crippen LogP contribution in [0.2, 0.25) is 0 Å². The topological polar surface area (TPSA) is 79.4 Å². The molecule has 1 saturated heterocycles. The Labute approximate surface area is 106 Å². The fourth-order valence-electron chi connectivity index (χ4n) is 1.96. The summed E-state index contributed by atoms with van der Waals surface area (Å²) in [6, 6.07) is 0. The van der Waals surface area contributed by atoms with E-state index in [-0.39, 0.29) is 12.5 Å². The molecular formula is C12H19N3O3. The molecule has 1 atom stereocenters. The van der Waals surface area contributed by atoms with Crippen molar-refractivity contribution in [3.05, 3.63) is 11.4 Å². The summed E-state index contributed by atoms with van der Waals surface area (Å²) in [6.45, 7) is 5.63. The number of anilines is 1. The Morgan fingerprint density at radius 3 is 2.94 bits per heavy atom. The number of carbonyl (C=O) groups excluding carboxylic acids is 1. The van der Waals surface area contributed by atoms with Crippen LogP contribution in [0.5, 0.6) is 0 Å². The highest BCUT2D eigenvalue weighted by Gasteiger charge is 2.18. The van der Waals surface area contributed by atoms with Crippen LogP contribution in [0.25, 0.3) is 0 Å². The van der Waals surface area contributed by atoms with Crippen LogP contribution in [0.3, 0.4) is 0 Å². The van der Waals surface area contributed by atoms with E-state index in [1.54, 1.807) is 4.68 Å². The number of aryl methyl sites for hydroxylation is 1. The highest BCUT2D eigenvalue weighted by atomic mass is 16.5. The maximum Gasteiger partial charge on any atom is 0.327 e. The number of esters is 1. The lowest BCUT2D eigenvalue weighted by Gasteiger charge is -2.09. The molecule has 2 rings (SSSR count). The van der Waals surface area contributed by atoms with Gasteiger partial charge in [-0.1, -0.05) is 0 Å². The lowest BCUT2D eigenvalue weighted by Crippen LogP contribution is -2.19. The Balaban J connectivity index is 1.84. The summed E-state index contributed by atoms with van der Waals surface area (Å²) in [5, 5.41) is 4.20. The Bertz CT molecular complexity index is 436. The van der Waals surface area contributed by atoms with Gasteiger partial charge in [0.25, 0.3) is 0 Å². The van der Waals surface area contributed by atoms with E-state index in [9.17, 15) is 4.79 Å². The van der Waals surface area contributed by atoms with Crippen LogP contribution in [0, 0.1) is 19.8 Å². The summed E-state index contributed by atoms with van der Waals surface area (Å²) < 4.78 is 12.0. The molecule has 1 aliphatic heterocycles. The molecule has 1 aromatic heterocycles. The van der Waals surface area contributed by atoms with E-state index < -0.39 is 0 Å². The maximum absolute atomic E-state index is 11.7. The van der Waals surface area contributed by atoms with Crippen molar-refractivity contribution in [3.63, 3.8) is 0 Å². The predicted octanol–water partition coefficient (Wildman–Crippen LogP) is 0.662. The molecule has 1 aromatic rings. The normalized spacial score (nSPS) is 19.1. The van der Waals surface area contributed by atoms with Crippen molar-refractivity contribution in [1.29, 1.82) is 0 Å². The number of hydrogen-bond acceptors (Lipinski definition) is 5. The zero-order chi connectivity index (χ0) is 13.1. The van der Waals surface area contributed by atoms with Gasteiger partial charge in [-0.05, 0) is 20.3 Å². The van der Waals surface area contributed by atoms with Crippen LogP contribution in [-0.4, -0.2) is 35.6 Å². The van der Waals surface area contributed by atoms with Crippen LogP contribution in [0.1, 0.15) is 17.8 Å². The van der Waals surface area contributed by atoms with Gasteiger partial charge in [0, 0.05) is 12.5 Å². The van der Waals surface area contributed by atoms with Crippen LogP contribution in [0.15, 0.2) is 0 Å². The number of nitrogens with zero attached hydrogens (tertiary/aromatic N) is 2. The van der Waals surface area contributed by atoms with E-state index >= 15 is 0 Å². The number of nitrogens with two attached hydrogens (primary N) is 1. The quantitative estimate of drug-likeness (QED) is 0.797. The summed E-state index contributed by atoms with van der Waals surface area (Å²) in [5.74, 6) is 0.0481. The standard InChI is InChI=1S/C12H19N3O3/c1-8-12(13)9(2)15(14-8)5-11(16)18-7-10-3-4-17-6-10/h10H,3-7,13H2,1-2H3. The van der Waals surface area contributed by atoms with Gasteiger partial charge in [0.15, 0.2) is 0 Å². The first kappa shape index (κ1) is 12.9. The molecule has 0 aliphatic carbocycles. The minimum atomic E-state index is -0.285. The minimum Gasteiger partial charge on any atom is -0.464 e. The average molecular weight is 253 g/mol. The number of hydrogen-bond donors (Lipinski definition) is 1. The fourth-order valence-corrected chi connectivity index (χ4v) is 1.96. The Hall–Kier alpha value is -1.56. The molecule has 0 spiro atoms. The van der Waals surface area contributed by atoms with Crippen molar-refractivity contribution in [1.82, 2.24) is 9.78 Å². The largest absolute Gasteiger partial charge is 0.464 e. The Kier molecular flexibility index (Phi) is 3.86. The molecule has 2 N–H and O–H groups in total. The Morgan fingerprint density at radius 2 is 2.39 bits per heavy atom. The SMILES string of the molecule is Cc1nn(CC(=O)OCC2CCOC2)c(C)c1N.